The molecule has 120 valence electrons. The summed E-state index contributed by atoms with van der Waals surface area (Å²) >= 11 is 0. The van der Waals surface area contributed by atoms with Crippen LogP contribution in [0.4, 0.5) is 13.2 Å². The van der Waals surface area contributed by atoms with E-state index in [1.165, 1.54) is 0 Å². The molecule has 0 saturated carbocycles. The third-order valence-electron chi connectivity index (χ3n) is 2.43. The first-order valence-electron chi connectivity index (χ1n) is 6.15. The van der Waals surface area contributed by atoms with Gasteiger partial charge in [-0.25, -0.2) is 13.2 Å². The number of carbonyl (C=O) groups is 1. The Morgan fingerprint density at radius 1 is 1.24 bits per heavy atom. The summed E-state index contributed by atoms with van der Waals surface area (Å²) in [5.74, 6) is -4.40. The fourth-order valence-electron chi connectivity index (χ4n) is 1.31. The van der Waals surface area contributed by atoms with Gasteiger partial charge in [0.15, 0.2) is 11.6 Å². The molecule has 1 heterocycles. The van der Waals surface area contributed by atoms with E-state index < -0.39 is 28.9 Å². The molecule has 1 aromatic rings. The lowest BCUT2D eigenvalue weighted by molar-refractivity contribution is 0.0938. The van der Waals surface area contributed by atoms with Crippen LogP contribution in [0.15, 0.2) is 12.1 Å². The minimum atomic E-state index is -1.31. The number of hydrogen-bond donors (Lipinski definition) is 3. The molecular weight excluding hydrogens is 309 g/mol. The van der Waals surface area contributed by atoms with Crippen molar-refractivity contribution >= 4 is 18.3 Å². The van der Waals surface area contributed by atoms with Crippen LogP contribution in [0.5, 0.6) is 0 Å². The zero-order chi connectivity index (χ0) is 15.3. The topological polar surface area (TPSA) is 61.4 Å². The van der Waals surface area contributed by atoms with Gasteiger partial charge in [-0.1, -0.05) is 0 Å². The second-order valence-electron chi connectivity index (χ2n) is 4.69. The Morgan fingerprint density at radius 2 is 1.71 bits per heavy atom. The van der Waals surface area contributed by atoms with E-state index in [4.69, 9.17) is 5.11 Å². The molecule has 0 spiro atoms. The van der Waals surface area contributed by atoms with Crippen LogP contribution in [0.3, 0.4) is 0 Å². The number of β-amino-alcohol motifs (C(OH)–C–C–N with tert-alkyl or cyclic N) is 1. The van der Waals surface area contributed by atoms with Gasteiger partial charge >= 0.3 is 0 Å². The number of hydrogen-bond acceptors (Lipinski definition) is 3. The van der Waals surface area contributed by atoms with Gasteiger partial charge in [-0.05, 0) is 19.9 Å². The summed E-state index contributed by atoms with van der Waals surface area (Å²) in [5, 5.41) is 13.7. The van der Waals surface area contributed by atoms with Crippen LogP contribution < -0.4 is 10.6 Å². The number of carbonyl (C=O) groups excluding carboxylic acids is 1. The molecule has 0 bridgehead atoms. The van der Waals surface area contributed by atoms with E-state index >= 15 is 0 Å². The Morgan fingerprint density at radius 3 is 2.10 bits per heavy atom. The minimum Gasteiger partial charge on any atom is -0.390 e. The van der Waals surface area contributed by atoms with Gasteiger partial charge in [0.25, 0.3) is 5.91 Å². The van der Waals surface area contributed by atoms with Crippen LogP contribution >= 0.6 is 12.4 Å². The molecule has 1 fully saturated rings. The van der Waals surface area contributed by atoms with Gasteiger partial charge < -0.3 is 15.7 Å². The average Bonchev–Trinajstić information content (AvgIpc) is 2.31. The fourth-order valence-corrected chi connectivity index (χ4v) is 1.31. The molecule has 8 heteroatoms. The van der Waals surface area contributed by atoms with Crippen molar-refractivity contribution in [3.8, 4) is 0 Å². The molecule has 0 atom stereocenters. The van der Waals surface area contributed by atoms with Crippen LogP contribution in [0.25, 0.3) is 0 Å². The normalized spacial score (nSPS) is 13.7. The molecule has 0 radical (unpaired) electrons. The number of amides is 1. The Kier molecular flexibility index (Phi) is 8.31. The molecule has 0 aliphatic carbocycles. The molecule has 1 aliphatic heterocycles. The Hall–Kier alpha value is -1.31. The maximum absolute atomic E-state index is 13.1. The molecule has 1 saturated heterocycles. The predicted octanol–water partition coefficient (Wildman–Crippen LogP) is 1.61. The van der Waals surface area contributed by atoms with Gasteiger partial charge in [0.05, 0.1) is 11.7 Å². The summed E-state index contributed by atoms with van der Waals surface area (Å²) in [6.45, 7) is 4.94. The molecule has 3 N–H and O–H groups in total. The molecule has 1 aliphatic rings. The van der Waals surface area contributed by atoms with E-state index in [9.17, 15) is 18.0 Å². The lowest BCUT2D eigenvalue weighted by Gasteiger charge is -2.20. The third kappa shape index (κ3) is 6.33. The number of aliphatic hydroxyl groups is 1. The second-order valence-corrected chi connectivity index (χ2v) is 4.69. The highest BCUT2D eigenvalue weighted by Crippen LogP contribution is 2.13. The van der Waals surface area contributed by atoms with E-state index in [1.807, 2.05) is 0 Å². The number of nitrogens with one attached hydrogen (secondary N) is 2. The van der Waals surface area contributed by atoms with Gasteiger partial charge in [-0.3, -0.25) is 4.79 Å². The van der Waals surface area contributed by atoms with Crippen molar-refractivity contribution in [2.75, 3.05) is 13.1 Å². The van der Waals surface area contributed by atoms with Crippen molar-refractivity contribution < 1.29 is 23.1 Å². The summed E-state index contributed by atoms with van der Waals surface area (Å²) in [7, 11) is 0. The minimum absolute atomic E-state index is 0. The van der Waals surface area contributed by atoms with Gasteiger partial charge in [-0.2, -0.15) is 0 Å². The lowest BCUT2D eigenvalue weighted by atomic mass is 10.1. The van der Waals surface area contributed by atoms with Crippen molar-refractivity contribution in [1.29, 1.82) is 0 Å². The van der Waals surface area contributed by atoms with Gasteiger partial charge in [0, 0.05) is 25.2 Å². The van der Waals surface area contributed by atoms with Crippen LogP contribution in [-0.2, 0) is 0 Å². The maximum Gasteiger partial charge on any atom is 0.254 e. The largest absolute Gasteiger partial charge is 0.390 e. The van der Waals surface area contributed by atoms with Crippen molar-refractivity contribution in [2.45, 2.75) is 26.0 Å². The van der Waals surface area contributed by atoms with Crippen LogP contribution in [0.2, 0.25) is 0 Å². The maximum atomic E-state index is 13.1. The quantitative estimate of drug-likeness (QED) is 0.724. The van der Waals surface area contributed by atoms with Crippen LogP contribution in [0.1, 0.15) is 24.2 Å². The molecule has 4 nitrogen and oxygen atoms in total. The van der Waals surface area contributed by atoms with E-state index in [1.54, 1.807) is 13.8 Å². The Labute approximate surface area is 127 Å². The Balaban J connectivity index is 0.000000562. The van der Waals surface area contributed by atoms with E-state index in [0.717, 1.165) is 13.1 Å². The number of rotatable bonds is 2. The fraction of sp³-hybridized carbons (Fsp3) is 0.462. The van der Waals surface area contributed by atoms with Gasteiger partial charge in [0.2, 0.25) is 0 Å². The molecule has 0 aromatic heterocycles. The Bertz CT molecular complexity index is 483. The molecule has 2 rings (SSSR count). The molecule has 1 aromatic carbocycles. The summed E-state index contributed by atoms with van der Waals surface area (Å²) in [4.78, 5) is 11.3. The molecule has 0 unspecified atom stereocenters. The summed E-state index contributed by atoms with van der Waals surface area (Å²) in [6, 6.07) is 0.692. The number of aliphatic hydroxyl groups excluding tert-OH is 1. The summed E-state index contributed by atoms with van der Waals surface area (Å²) in [6.07, 6.45) is -0.0463. The SMILES string of the molecule is CC(C)NC(=O)c1cc(F)c(F)cc1F.Cl.OC1CNC1. The standard InChI is InChI=1S/C10H10F3NO.C3H7NO.ClH/c1-5(2)14-10(15)6-3-8(12)9(13)4-7(6)11;5-3-1-4-2-3;/h3-5H,1-2H3,(H,14,15);3-5H,1-2H2;1H. The highest BCUT2D eigenvalue weighted by atomic mass is 35.5. The van der Waals surface area contributed by atoms with Crippen molar-refractivity contribution in [3.05, 3.63) is 35.1 Å². The summed E-state index contributed by atoms with van der Waals surface area (Å²) in [5.41, 5.74) is -0.498. The third-order valence-corrected chi connectivity index (χ3v) is 2.43. The van der Waals surface area contributed by atoms with Crippen LogP contribution in [0, 0.1) is 17.5 Å². The van der Waals surface area contributed by atoms with Crippen molar-refractivity contribution in [3.63, 3.8) is 0 Å². The summed E-state index contributed by atoms with van der Waals surface area (Å²) < 4.78 is 38.3. The molecule has 21 heavy (non-hydrogen) atoms. The predicted molar refractivity (Wildman–Crippen MR) is 75.0 cm³/mol. The molecular formula is C13H18ClF3N2O2. The number of halogens is 4. The van der Waals surface area contributed by atoms with Crippen LogP contribution in [-0.4, -0.2) is 36.2 Å². The van der Waals surface area contributed by atoms with Crippen molar-refractivity contribution in [2.24, 2.45) is 0 Å². The van der Waals surface area contributed by atoms with E-state index in [0.29, 0.717) is 12.1 Å². The number of benzene rings is 1. The van der Waals surface area contributed by atoms with E-state index in [2.05, 4.69) is 10.6 Å². The first-order chi connectivity index (χ1) is 9.31. The first-order valence-corrected chi connectivity index (χ1v) is 6.15. The van der Waals surface area contributed by atoms with Gasteiger partial charge in [-0.15, -0.1) is 12.4 Å². The molecule has 1 amide bonds. The zero-order valence-corrected chi connectivity index (χ0v) is 12.4. The first kappa shape index (κ1) is 19.7. The van der Waals surface area contributed by atoms with Crippen molar-refractivity contribution in [1.82, 2.24) is 10.6 Å². The second kappa shape index (κ2) is 8.86. The lowest BCUT2D eigenvalue weighted by Crippen LogP contribution is -2.46. The highest BCUT2D eigenvalue weighted by Gasteiger charge is 2.16. The van der Waals surface area contributed by atoms with Gasteiger partial charge in [0.1, 0.15) is 5.82 Å². The smallest absolute Gasteiger partial charge is 0.254 e. The average molecular weight is 327 g/mol. The monoisotopic (exact) mass is 326 g/mol. The zero-order valence-electron chi connectivity index (χ0n) is 11.6. The van der Waals surface area contributed by atoms with E-state index in [-0.39, 0.29) is 24.6 Å². The highest BCUT2D eigenvalue weighted by molar-refractivity contribution is 5.94.